The minimum Gasteiger partial charge on any atom is -0.497 e. The van der Waals surface area contributed by atoms with Gasteiger partial charge in [0.25, 0.3) is 5.92 Å². The molecule has 5 aliphatic rings. The summed E-state index contributed by atoms with van der Waals surface area (Å²) in [5, 5.41) is 0.00553. The Morgan fingerprint density at radius 3 is 2.16 bits per heavy atom. The van der Waals surface area contributed by atoms with E-state index in [1.807, 2.05) is 34.1 Å². The Hall–Kier alpha value is -6.24. The summed E-state index contributed by atoms with van der Waals surface area (Å²) >= 11 is 0. The van der Waals surface area contributed by atoms with Gasteiger partial charge >= 0.3 is 18.3 Å². The summed E-state index contributed by atoms with van der Waals surface area (Å²) in [6.07, 6.45) is -5.09. The highest BCUT2D eigenvalue weighted by Crippen LogP contribution is 2.51. The molecule has 2 aromatic heterocycles. The third-order valence-electron chi connectivity index (χ3n) is 14.4. The zero-order valence-electron chi connectivity index (χ0n) is 40.0. The standard InChI is InChI=1S/C51H55F6N7O6/c1-28-20-33(61(22-30-8-13-34(66-6)14-9-30)23-31-10-15-35(67-7)16-11-31)21-36(39(28)51(55,56)57)41-40(52)42-38-44(60-46(59-42)68-27-49-18-19-62(49)26-50(53,54)25-49)63-24-32-12-17-37(43(63)29(2)69-45(38)58-41)64(32)47(65)70-48(3,4)5/h8-11,13-16,20-21,29,32,37,43H,12,17-19,22-27H2,1-7H3/t29-,32+,37-,43+,49?/m0/s1. The highest BCUT2D eigenvalue weighted by molar-refractivity contribution is 5.98. The molecule has 0 N–H and O–H groups in total. The summed E-state index contributed by atoms with van der Waals surface area (Å²) in [5.41, 5.74) is -2.73. The Labute approximate surface area is 401 Å². The number of hydrogen-bond acceptors (Lipinski definition) is 12. The van der Waals surface area contributed by atoms with Gasteiger partial charge in [0.15, 0.2) is 5.82 Å². The second-order valence-corrected chi connectivity index (χ2v) is 20.2. The second-order valence-electron chi connectivity index (χ2n) is 20.2. The molecule has 5 atom stereocenters. The number of hydrogen-bond donors (Lipinski definition) is 0. The molecule has 7 heterocycles. The minimum absolute atomic E-state index is 0.00553. The average molecular weight is 976 g/mol. The van der Waals surface area contributed by atoms with Crippen molar-refractivity contribution in [2.75, 3.05) is 50.3 Å². The van der Waals surface area contributed by atoms with Gasteiger partial charge in [-0.15, -0.1) is 0 Å². The quantitative estimate of drug-likeness (QED) is 0.117. The predicted octanol–water partition coefficient (Wildman–Crippen LogP) is 9.98. The highest BCUT2D eigenvalue weighted by atomic mass is 19.4. The highest BCUT2D eigenvalue weighted by Gasteiger charge is 2.60. The number of fused-ring (bicyclic) bond motifs is 6. The van der Waals surface area contributed by atoms with Crippen LogP contribution >= 0.6 is 0 Å². The van der Waals surface area contributed by atoms with Gasteiger partial charge in [-0.1, -0.05) is 24.3 Å². The number of alkyl halides is 5. The monoisotopic (exact) mass is 975 g/mol. The average Bonchev–Trinajstić information content (AvgIpc) is 3.65. The molecule has 19 heteroatoms. The molecular weight excluding hydrogens is 921 g/mol. The van der Waals surface area contributed by atoms with E-state index in [2.05, 4.69) is 9.97 Å². The van der Waals surface area contributed by atoms with E-state index in [9.17, 15) is 13.6 Å². The molecule has 0 aliphatic carbocycles. The fourth-order valence-corrected chi connectivity index (χ4v) is 11.2. The van der Waals surface area contributed by atoms with Crippen molar-refractivity contribution >= 4 is 28.5 Å². The SMILES string of the molecule is COc1ccc(CN(Cc2ccc(OC)cc2)c2cc(C)c(C(F)(F)F)c(-c3nc4c5c(nc(OCC67CCN6CC(F)(F)C7)nc5c3F)N3C[C@H]5CC[C@@H]([C@H]3[C@H](C)O4)N5C(=O)OC(C)(C)C)c2)cc1. The van der Waals surface area contributed by atoms with E-state index < -0.39 is 88.6 Å². The molecule has 5 aliphatic heterocycles. The number of nitrogens with zero attached hydrogens (tertiary/aromatic N) is 7. The lowest BCUT2D eigenvalue weighted by molar-refractivity contribution is -0.137. The largest absolute Gasteiger partial charge is 0.497 e. The molecule has 372 valence electrons. The van der Waals surface area contributed by atoms with Crippen LogP contribution in [0.4, 0.5) is 42.6 Å². The molecule has 0 spiro atoms. The summed E-state index contributed by atoms with van der Waals surface area (Å²) in [4.78, 5) is 35.0. The first-order valence-corrected chi connectivity index (χ1v) is 23.5. The van der Waals surface area contributed by atoms with E-state index in [0.717, 1.165) is 11.1 Å². The maximum absolute atomic E-state index is 18.0. The fraction of sp³-hybridized carbons (Fsp3) is 0.490. The van der Waals surface area contributed by atoms with Gasteiger partial charge in [-0.3, -0.25) is 9.80 Å². The zero-order chi connectivity index (χ0) is 49.7. The molecule has 13 nitrogen and oxygen atoms in total. The molecule has 5 aromatic rings. The number of rotatable bonds is 11. The maximum atomic E-state index is 18.0. The topological polar surface area (TPSA) is 115 Å². The summed E-state index contributed by atoms with van der Waals surface area (Å²) in [6, 6.07) is 15.5. The zero-order valence-corrected chi connectivity index (χ0v) is 40.0. The van der Waals surface area contributed by atoms with Gasteiger partial charge in [-0.2, -0.15) is 23.1 Å². The summed E-state index contributed by atoms with van der Waals surface area (Å²) in [6.45, 7) is 8.93. The lowest BCUT2D eigenvalue weighted by Gasteiger charge is -2.48. The number of carbonyl (C=O) groups is 1. The summed E-state index contributed by atoms with van der Waals surface area (Å²) in [7, 11) is 3.10. The van der Waals surface area contributed by atoms with Crippen LogP contribution in [0.5, 0.6) is 23.4 Å². The van der Waals surface area contributed by atoms with E-state index in [0.29, 0.717) is 43.0 Å². The molecule has 10 rings (SSSR count). The number of amides is 1. The number of aryl methyl sites for hydroxylation is 1. The van der Waals surface area contributed by atoms with E-state index >= 15 is 17.6 Å². The van der Waals surface area contributed by atoms with Gasteiger partial charge in [0.2, 0.25) is 5.88 Å². The van der Waals surface area contributed by atoms with Crippen molar-refractivity contribution in [2.24, 2.45) is 0 Å². The van der Waals surface area contributed by atoms with Crippen molar-refractivity contribution in [2.45, 2.75) is 121 Å². The molecule has 1 amide bonds. The van der Waals surface area contributed by atoms with E-state index in [4.69, 9.17) is 28.7 Å². The van der Waals surface area contributed by atoms with Crippen LogP contribution in [0.2, 0.25) is 0 Å². The number of ether oxygens (including phenoxy) is 5. The number of benzene rings is 3. The Morgan fingerprint density at radius 1 is 0.929 bits per heavy atom. The molecule has 4 fully saturated rings. The van der Waals surface area contributed by atoms with Crippen LogP contribution < -0.4 is 28.7 Å². The molecule has 0 saturated carbocycles. The normalized spacial score (nSPS) is 23.5. The fourth-order valence-electron chi connectivity index (χ4n) is 11.2. The molecular formula is C51H55F6N7O6. The van der Waals surface area contributed by atoms with Crippen LogP contribution in [0.1, 0.15) is 75.6 Å². The Morgan fingerprint density at radius 2 is 1.59 bits per heavy atom. The van der Waals surface area contributed by atoms with Gasteiger partial charge in [0.05, 0.1) is 50.0 Å². The molecule has 2 bridgehead atoms. The molecule has 70 heavy (non-hydrogen) atoms. The second kappa shape index (κ2) is 17.3. The smallest absolute Gasteiger partial charge is 0.417 e. The van der Waals surface area contributed by atoms with Gasteiger partial charge in [-0.25, -0.2) is 22.9 Å². The van der Waals surface area contributed by atoms with E-state index in [1.54, 1.807) is 76.0 Å². The number of aromatic nitrogens is 3. The first-order valence-electron chi connectivity index (χ1n) is 23.5. The van der Waals surface area contributed by atoms with Crippen molar-refractivity contribution in [3.05, 3.63) is 88.7 Å². The van der Waals surface area contributed by atoms with Crippen LogP contribution in [0.25, 0.3) is 22.2 Å². The first-order chi connectivity index (χ1) is 33.1. The number of pyridine rings is 1. The number of carbonyl (C=O) groups excluding carboxylic acids is 1. The molecule has 0 radical (unpaired) electrons. The third kappa shape index (κ3) is 8.61. The third-order valence-corrected chi connectivity index (χ3v) is 14.4. The number of halogens is 6. The minimum atomic E-state index is -4.98. The molecule has 3 aromatic carbocycles. The molecule has 1 unspecified atom stereocenters. The lowest BCUT2D eigenvalue weighted by Crippen LogP contribution is -2.65. The number of anilines is 2. The van der Waals surface area contributed by atoms with Gasteiger partial charge in [-0.05, 0) is 107 Å². The first kappa shape index (κ1) is 47.4. The van der Waals surface area contributed by atoms with Crippen molar-refractivity contribution in [3.8, 4) is 34.6 Å². The van der Waals surface area contributed by atoms with Crippen LogP contribution in [0.3, 0.4) is 0 Å². The lowest BCUT2D eigenvalue weighted by atomic mass is 9.85. The molecule has 4 saturated heterocycles. The van der Waals surface area contributed by atoms with Crippen LogP contribution in [0, 0.1) is 12.7 Å². The van der Waals surface area contributed by atoms with Gasteiger partial charge < -0.3 is 33.5 Å². The maximum Gasteiger partial charge on any atom is 0.417 e. The Bertz CT molecular complexity index is 2780. The predicted molar refractivity (Wildman–Crippen MR) is 248 cm³/mol. The Balaban J connectivity index is 1.13. The van der Waals surface area contributed by atoms with Crippen LogP contribution in [0.15, 0.2) is 60.7 Å². The van der Waals surface area contributed by atoms with E-state index in [1.165, 1.54) is 19.1 Å². The van der Waals surface area contributed by atoms with Gasteiger partial charge in [0, 0.05) is 43.9 Å². The number of piperazine rings is 1. The summed E-state index contributed by atoms with van der Waals surface area (Å²) in [5.74, 6) is -2.94. The van der Waals surface area contributed by atoms with Crippen molar-refractivity contribution in [1.82, 2.24) is 24.8 Å². The van der Waals surface area contributed by atoms with Crippen LogP contribution in [-0.2, 0) is 24.0 Å². The van der Waals surface area contributed by atoms with E-state index in [-0.39, 0.29) is 60.9 Å². The van der Waals surface area contributed by atoms with Crippen LogP contribution in [-0.4, -0.2) is 113 Å². The number of methoxy groups -OCH3 is 2. The Kier molecular flexibility index (Phi) is 11.7. The van der Waals surface area contributed by atoms with Crippen molar-refractivity contribution in [3.63, 3.8) is 0 Å². The van der Waals surface area contributed by atoms with Gasteiger partial charge in [0.1, 0.15) is 52.2 Å². The van der Waals surface area contributed by atoms with Crippen molar-refractivity contribution in [1.29, 1.82) is 0 Å². The van der Waals surface area contributed by atoms with Crippen molar-refractivity contribution < 1.29 is 54.8 Å². The summed E-state index contributed by atoms with van der Waals surface area (Å²) < 4.78 is 124.